The number of benzene rings is 1. The Hall–Kier alpha value is -1.04. The van der Waals surface area contributed by atoms with Gasteiger partial charge in [0.2, 0.25) is 0 Å². The van der Waals surface area contributed by atoms with Crippen molar-refractivity contribution in [3.05, 3.63) is 41.1 Å². The molecule has 0 bridgehead atoms. The largest absolute Gasteiger partial charge is 0.302 e. The summed E-state index contributed by atoms with van der Waals surface area (Å²) >= 11 is 5.69. The van der Waals surface area contributed by atoms with E-state index in [1.165, 1.54) is 4.70 Å². The van der Waals surface area contributed by atoms with E-state index < -0.39 is 5.50 Å². The van der Waals surface area contributed by atoms with E-state index in [2.05, 4.69) is 29.2 Å². The third-order valence-corrected chi connectivity index (χ3v) is 2.90. The Balaban J connectivity index is 2.56. The fourth-order valence-electron chi connectivity index (χ4n) is 1.28. The van der Waals surface area contributed by atoms with Crippen molar-refractivity contribution >= 4 is 34.1 Å². The molecule has 1 heterocycles. The third-order valence-electron chi connectivity index (χ3n) is 1.90. The van der Waals surface area contributed by atoms with Gasteiger partial charge in [0.25, 0.3) is 0 Å². The van der Waals surface area contributed by atoms with Crippen LogP contribution in [0.1, 0.15) is 0 Å². The van der Waals surface area contributed by atoms with E-state index in [0.29, 0.717) is 0 Å². The maximum absolute atomic E-state index is 5.45. The number of nitrogens with zero attached hydrogens (tertiary/aromatic N) is 1. The van der Waals surface area contributed by atoms with Crippen LogP contribution in [0.2, 0.25) is 0 Å². The van der Waals surface area contributed by atoms with Crippen LogP contribution in [0.4, 0.5) is 0 Å². The van der Waals surface area contributed by atoms with E-state index >= 15 is 0 Å². The van der Waals surface area contributed by atoms with Gasteiger partial charge in [0.05, 0.1) is 5.36 Å². The Labute approximate surface area is 97.0 Å². The van der Waals surface area contributed by atoms with Crippen LogP contribution in [0.3, 0.4) is 0 Å². The highest BCUT2D eigenvalue weighted by molar-refractivity contribution is 7.80. The fraction of sp³-hybridized carbons (Fsp3) is 0.100. The average Bonchev–Trinajstić information content (AvgIpc) is 2.26. The molecular formula is C10H11N3S2. The van der Waals surface area contributed by atoms with Crippen molar-refractivity contribution in [2.24, 2.45) is 10.8 Å². The molecule has 0 radical (unpaired) electrons. The first-order valence-corrected chi connectivity index (χ1v) is 5.86. The summed E-state index contributed by atoms with van der Waals surface area (Å²) in [5.74, 6) is 0. The van der Waals surface area contributed by atoms with Crippen molar-refractivity contribution in [1.82, 2.24) is 5.43 Å². The Morgan fingerprint density at radius 1 is 1.33 bits per heavy atom. The van der Waals surface area contributed by atoms with Crippen molar-refractivity contribution in [3.63, 3.8) is 0 Å². The lowest BCUT2D eigenvalue weighted by molar-refractivity contribution is 0.697. The molecule has 0 spiro atoms. The molecule has 1 atom stereocenters. The van der Waals surface area contributed by atoms with Gasteiger partial charge in [0.1, 0.15) is 5.50 Å². The summed E-state index contributed by atoms with van der Waals surface area (Å²) in [6, 6.07) is 10.1. The third kappa shape index (κ3) is 2.50. The van der Waals surface area contributed by atoms with Crippen molar-refractivity contribution in [1.29, 1.82) is 0 Å². The molecule has 3 nitrogen and oxygen atoms in total. The van der Waals surface area contributed by atoms with Crippen molar-refractivity contribution in [2.75, 3.05) is 0 Å². The molecule has 0 aliphatic carbocycles. The molecular weight excluding hydrogens is 226 g/mol. The number of nitrogens with one attached hydrogen (secondary N) is 1. The molecule has 1 unspecified atom stereocenters. The molecule has 78 valence electrons. The molecule has 0 aliphatic rings. The molecule has 0 amide bonds. The predicted molar refractivity (Wildman–Crippen MR) is 67.5 cm³/mol. The predicted octanol–water partition coefficient (Wildman–Crippen LogP) is 1.48. The molecule has 1 aromatic carbocycles. The Bertz CT molecular complexity index is 514. The van der Waals surface area contributed by atoms with Crippen LogP contribution in [-0.2, 0) is 0 Å². The molecule has 3 N–H and O–H groups in total. The minimum Gasteiger partial charge on any atom is -0.302 e. The van der Waals surface area contributed by atoms with Gasteiger partial charge in [-0.1, -0.05) is 18.2 Å². The van der Waals surface area contributed by atoms with Crippen molar-refractivity contribution < 1.29 is 0 Å². The quantitative estimate of drug-likeness (QED) is 0.421. The van der Waals surface area contributed by atoms with Crippen LogP contribution in [0, 0.1) is 0 Å². The second-order valence-electron chi connectivity index (χ2n) is 2.99. The number of fused-ring (bicyclic) bond motifs is 1. The first-order chi connectivity index (χ1) is 7.27. The lowest BCUT2D eigenvalue weighted by Gasteiger charge is -2.02. The number of nitrogens with two attached hydrogens (primary N) is 1. The molecule has 5 heteroatoms. The second-order valence-corrected chi connectivity index (χ2v) is 4.49. The highest BCUT2D eigenvalue weighted by Crippen LogP contribution is 2.13. The van der Waals surface area contributed by atoms with Gasteiger partial charge < -0.3 is 5.73 Å². The van der Waals surface area contributed by atoms with Crippen LogP contribution in [0.5, 0.6) is 0 Å². The molecule has 0 saturated carbocycles. The van der Waals surface area contributed by atoms with Crippen LogP contribution in [0.25, 0.3) is 10.1 Å². The molecule has 1 aromatic heterocycles. The summed E-state index contributed by atoms with van der Waals surface area (Å²) in [7, 11) is 0. The van der Waals surface area contributed by atoms with E-state index in [-0.39, 0.29) is 0 Å². The summed E-state index contributed by atoms with van der Waals surface area (Å²) in [6.07, 6.45) is 0. The average molecular weight is 237 g/mol. The summed E-state index contributed by atoms with van der Waals surface area (Å²) in [6.45, 7) is 0. The van der Waals surface area contributed by atoms with E-state index in [0.717, 1.165) is 10.7 Å². The van der Waals surface area contributed by atoms with Crippen LogP contribution in [-0.4, -0.2) is 5.50 Å². The SMILES string of the molecule is NC(S)NN=c1ccsc2ccccc12. The maximum atomic E-state index is 5.45. The number of hydrogen-bond acceptors (Lipinski definition) is 5. The van der Waals surface area contributed by atoms with Crippen molar-refractivity contribution in [3.8, 4) is 0 Å². The zero-order chi connectivity index (χ0) is 10.7. The van der Waals surface area contributed by atoms with Gasteiger partial charge in [0, 0.05) is 10.1 Å². The molecule has 0 fully saturated rings. The normalized spacial score (nSPS) is 14.1. The van der Waals surface area contributed by atoms with E-state index in [4.69, 9.17) is 5.73 Å². The topological polar surface area (TPSA) is 50.4 Å². The lowest BCUT2D eigenvalue weighted by atomic mass is 10.2. The number of rotatable bonds is 2. The van der Waals surface area contributed by atoms with E-state index in [9.17, 15) is 0 Å². The highest BCUT2D eigenvalue weighted by atomic mass is 32.1. The van der Waals surface area contributed by atoms with Gasteiger partial charge in [-0.15, -0.1) is 24.0 Å². The standard InChI is InChI=1S/C10H11N3S2/c11-10(14)13-12-8-5-6-15-9-4-2-1-3-7(8)9/h1-6,10,13-14H,11H2. The smallest absolute Gasteiger partial charge is 0.136 e. The van der Waals surface area contributed by atoms with Gasteiger partial charge in [0.15, 0.2) is 0 Å². The fourth-order valence-corrected chi connectivity index (χ4v) is 2.13. The molecule has 0 aliphatic heterocycles. The Kier molecular flexibility index (Phi) is 3.25. The molecule has 2 rings (SSSR count). The lowest BCUT2D eigenvalue weighted by Crippen LogP contribution is -2.29. The first-order valence-electron chi connectivity index (χ1n) is 4.47. The van der Waals surface area contributed by atoms with Gasteiger partial charge >= 0.3 is 0 Å². The number of hydrogen-bond donors (Lipinski definition) is 3. The van der Waals surface area contributed by atoms with Gasteiger partial charge in [-0.05, 0) is 17.5 Å². The van der Waals surface area contributed by atoms with Crippen LogP contribution in [0.15, 0.2) is 40.8 Å². The molecule has 15 heavy (non-hydrogen) atoms. The molecule has 0 saturated heterocycles. The monoisotopic (exact) mass is 237 g/mol. The number of thiol groups is 1. The maximum Gasteiger partial charge on any atom is 0.136 e. The Morgan fingerprint density at radius 2 is 2.13 bits per heavy atom. The highest BCUT2D eigenvalue weighted by Gasteiger charge is 1.94. The second kappa shape index (κ2) is 4.65. The summed E-state index contributed by atoms with van der Waals surface area (Å²) in [5.41, 5.74) is 7.73. The van der Waals surface area contributed by atoms with Crippen molar-refractivity contribution in [2.45, 2.75) is 5.50 Å². The summed E-state index contributed by atoms with van der Waals surface area (Å²) in [4.78, 5) is 0. The summed E-state index contributed by atoms with van der Waals surface area (Å²) in [5, 5.41) is 8.20. The van der Waals surface area contributed by atoms with Crippen LogP contribution < -0.4 is 16.5 Å². The molecule has 2 aromatic rings. The van der Waals surface area contributed by atoms with Crippen LogP contribution >= 0.6 is 24.0 Å². The van der Waals surface area contributed by atoms with E-state index in [1.807, 2.05) is 29.6 Å². The Morgan fingerprint density at radius 3 is 2.93 bits per heavy atom. The van der Waals surface area contributed by atoms with Gasteiger partial charge in [-0.25, -0.2) is 0 Å². The van der Waals surface area contributed by atoms with Gasteiger partial charge in [-0.3, -0.25) is 5.43 Å². The van der Waals surface area contributed by atoms with E-state index in [1.54, 1.807) is 11.3 Å². The summed E-state index contributed by atoms with van der Waals surface area (Å²) < 4.78 is 1.20. The van der Waals surface area contributed by atoms with Gasteiger partial charge in [-0.2, -0.15) is 5.10 Å². The zero-order valence-corrected chi connectivity index (χ0v) is 9.63. The zero-order valence-electron chi connectivity index (χ0n) is 7.92. The minimum absolute atomic E-state index is 0.437. The minimum atomic E-state index is -0.437. The first kappa shape index (κ1) is 10.5.